The zero-order valence-corrected chi connectivity index (χ0v) is 21.7. The van der Waals surface area contributed by atoms with Crippen molar-refractivity contribution in [2.24, 2.45) is 11.8 Å². The number of carbonyl (C=O) groups excluding carboxylic acids is 1. The molecule has 2 aliphatic carbocycles. The zero-order chi connectivity index (χ0) is 26.9. The molecular weight excluding hydrogens is 508 g/mol. The van der Waals surface area contributed by atoms with Crippen LogP contribution in [0, 0.1) is 11.8 Å². The summed E-state index contributed by atoms with van der Waals surface area (Å²) in [5, 5.41) is 4.28. The van der Waals surface area contributed by atoms with Gasteiger partial charge in [0.1, 0.15) is 23.0 Å². The fraction of sp³-hybridized carbons (Fsp3) is 0.483. The Morgan fingerprint density at radius 2 is 1.92 bits per heavy atom. The van der Waals surface area contributed by atoms with E-state index < -0.39 is 12.6 Å². The second-order valence-corrected chi connectivity index (χ2v) is 10.6. The van der Waals surface area contributed by atoms with Gasteiger partial charge in [0.25, 0.3) is 0 Å². The topological polar surface area (TPSA) is 86.9 Å². The number of fused-ring (bicyclic) bond motifs is 1. The first-order valence-corrected chi connectivity index (χ1v) is 13.4. The van der Waals surface area contributed by atoms with Crippen LogP contribution >= 0.6 is 0 Å². The van der Waals surface area contributed by atoms with Crippen LogP contribution in [0.2, 0.25) is 0 Å². The predicted molar refractivity (Wildman–Crippen MR) is 138 cm³/mol. The van der Waals surface area contributed by atoms with Gasteiger partial charge in [-0.1, -0.05) is 17.3 Å². The summed E-state index contributed by atoms with van der Waals surface area (Å²) in [5.41, 5.74) is 2.25. The van der Waals surface area contributed by atoms with Crippen molar-refractivity contribution in [1.82, 2.24) is 10.1 Å². The molecule has 0 bridgehead atoms. The van der Waals surface area contributed by atoms with Gasteiger partial charge in [0, 0.05) is 36.3 Å². The van der Waals surface area contributed by atoms with Crippen LogP contribution in [0.15, 0.2) is 47.1 Å². The van der Waals surface area contributed by atoms with Gasteiger partial charge < -0.3 is 23.6 Å². The van der Waals surface area contributed by atoms with E-state index in [1.165, 1.54) is 13.2 Å². The van der Waals surface area contributed by atoms with E-state index in [2.05, 4.69) is 15.0 Å². The smallest absolute Gasteiger partial charge is 0.387 e. The minimum atomic E-state index is -2.93. The summed E-state index contributed by atoms with van der Waals surface area (Å²) in [6.07, 6.45) is 6.64. The van der Waals surface area contributed by atoms with Crippen LogP contribution in [0.4, 0.5) is 14.6 Å². The molecule has 3 atom stereocenters. The number of methoxy groups -OCH3 is 1. The van der Waals surface area contributed by atoms with Crippen molar-refractivity contribution in [3.63, 3.8) is 0 Å². The molecule has 2 aromatic heterocycles. The number of para-hydroxylation sites is 1. The van der Waals surface area contributed by atoms with Crippen molar-refractivity contribution in [2.75, 3.05) is 25.1 Å². The molecule has 10 heteroatoms. The maximum atomic E-state index is 13.0. The van der Waals surface area contributed by atoms with Gasteiger partial charge in [0.15, 0.2) is 0 Å². The number of pyridine rings is 1. The number of benzene rings is 1. The molecule has 39 heavy (non-hydrogen) atoms. The van der Waals surface area contributed by atoms with Crippen LogP contribution in [0.25, 0.3) is 11.3 Å². The van der Waals surface area contributed by atoms with E-state index in [1.807, 2.05) is 6.07 Å². The molecule has 1 saturated heterocycles. The molecule has 3 aliphatic rings. The first-order valence-electron chi connectivity index (χ1n) is 13.4. The number of ether oxygens (including phenoxy) is 3. The highest BCUT2D eigenvalue weighted by atomic mass is 19.3. The van der Waals surface area contributed by atoms with Crippen LogP contribution in [0.1, 0.15) is 59.7 Å². The summed E-state index contributed by atoms with van der Waals surface area (Å²) in [5.74, 6) is 2.68. The minimum Gasteiger partial charge on any atom is -0.465 e. The number of alkyl halides is 2. The lowest BCUT2D eigenvalue weighted by Crippen LogP contribution is -2.28. The molecule has 206 valence electrons. The Bertz CT molecular complexity index is 1310. The lowest BCUT2D eigenvalue weighted by Gasteiger charge is -2.30. The lowest BCUT2D eigenvalue weighted by molar-refractivity contribution is -0.0494. The quantitative estimate of drug-likeness (QED) is 0.314. The predicted octanol–water partition coefficient (Wildman–Crippen LogP) is 5.82. The highest BCUT2D eigenvalue weighted by molar-refractivity contribution is 5.89. The van der Waals surface area contributed by atoms with Crippen LogP contribution in [0.5, 0.6) is 5.75 Å². The van der Waals surface area contributed by atoms with Gasteiger partial charge in [-0.3, -0.25) is 0 Å². The van der Waals surface area contributed by atoms with Crippen molar-refractivity contribution in [2.45, 2.75) is 57.3 Å². The van der Waals surface area contributed by atoms with Crippen molar-refractivity contribution >= 4 is 11.8 Å². The van der Waals surface area contributed by atoms with Crippen LogP contribution in [-0.2, 0) is 16.1 Å². The Morgan fingerprint density at radius 1 is 1.10 bits per heavy atom. The molecule has 3 unspecified atom stereocenters. The summed E-state index contributed by atoms with van der Waals surface area (Å²) in [4.78, 5) is 18.5. The van der Waals surface area contributed by atoms with Gasteiger partial charge in [0.05, 0.1) is 25.4 Å². The van der Waals surface area contributed by atoms with E-state index >= 15 is 0 Å². The fourth-order valence-electron chi connectivity index (χ4n) is 5.94. The molecule has 6 rings (SSSR count). The number of halogens is 2. The third-order valence-electron chi connectivity index (χ3n) is 8.08. The van der Waals surface area contributed by atoms with Gasteiger partial charge in [-0.25, -0.2) is 9.78 Å². The average molecular weight is 540 g/mol. The van der Waals surface area contributed by atoms with E-state index in [0.717, 1.165) is 62.3 Å². The fourth-order valence-corrected chi connectivity index (χ4v) is 5.94. The number of carbonyl (C=O) groups is 1. The molecule has 0 amide bonds. The number of anilines is 1. The SMILES string of the molecule is COC(=O)c1ccc(N2CC3CCC(OCc4c(-c5ccccc5OC(F)F)noc4C4CC4)CC3C2)nc1. The maximum Gasteiger partial charge on any atom is 0.387 e. The summed E-state index contributed by atoms with van der Waals surface area (Å²) in [6.45, 7) is -0.789. The highest BCUT2D eigenvalue weighted by Crippen LogP contribution is 2.46. The van der Waals surface area contributed by atoms with E-state index in [0.29, 0.717) is 41.2 Å². The highest BCUT2D eigenvalue weighted by Gasteiger charge is 2.39. The normalized spacial score (nSPS) is 22.7. The van der Waals surface area contributed by atoms with E-state index in [4.69, 9.17) is 18.7 Å². The summed E-state index contributed by atoms with van der Waals surface area (Å²) < 4.78 is 47.8. The molecular formula is C29H31F2N3O5. The Kier molecular flexibility index (Phi) is 7.20. The molecule has 3 heterocycles. The first kappa shape index (κ1) is 25.7. The molecule has 0 radical (unpaired) electrons. The number of hydrogen-bond donors (Lipinski definition) is 0. The Labute approximate surface area is 225 Å². The Hall–Kier alpha value is -3.53. The van der Waals surface area contributed by atoms with Crippen molar-refractivity contribution in [3.8, 4) is 17.0 Å². The third kappa shape index (κ3) is 5.48. The number of rotatable bonds is 9. The number of nitrogens with zero attached hydrogens (tertiary/aromatic N) is 3. The molecule has 2 saturated carbocycles. The molecule has 1 aromatic carbocycles. The molecule has 3 fully saturated rings. The first-order chi connectivity index (χ1) is 19.0. The Balaban J connectivity index is 1.13. The van der Waals surface area contributed by atoms with Gasteiger partial charge in [-0.15, -0.1) is 0 Å². The molecule has 0 N–H and O–H groups in total. The van der Waals surface area contributed by atoms with Crippen molar-refractivity contribution in [3.05, 3.63) is 59.5 Å². The standard InChI is InChI=1S/C29H31F2N3O5/c1-36-28(35)18-9-11-25(32-13-18)34-14-19-8-10-21(12-20(19)15-34)37-16-23-26(33-39-27(23)17-6-7-17)22-4-2-3-5-24(22)38-29(30)31/h2-5,9,11,13,17,19-21,29H,6-8,10,12,14-16H2,1H3. The minimum absolute atomic E-state index is 0.0733. The summed E-state index contributed by atoms with van der Waals surface area (Å²) in [7, 11) is 1.36. The van der Waals surface area contributed by atoms with Gasteiger partial charge in [-0.05, 0) is 68.2 Å². The van der Waals surface area contributed by atoms with E-state index in [1.54, 1.807) is 30.5 Å². The maximum absolute atomic E-state index is 13.0. The van der Waals surface area contributed by atoms with Gasteiger partial charge >= 0.3 is 12.6 Å². The van der Waals surface area contributed by atoms with Crippen LogP contribution in [0.3, 0.4) is 0 Å². The third-order valence-corrected chi connectivity index (χ3v) is 8.08. The number of esters is 1. The number of aromatic nitrogens is 2. The molecule has 1 aliphatic heterocycles. The van der Waals surface area contributed by atoms with E-state index in [9.17, 15) is 13.6 Å². The lowest BCUT2D eigenvalue weighted by atomic mass is 9.80. The average Bonchev–Trinajstić information content (AvgIpc) is 3.56. The molecule has 0 spiro atoms. The molecule has 8 nitrogen and oxygen atoms in total. The molecule has 3 aromatic rings. The van der Waals surface area contributed by atoms with Crippen molar-refractivity contribution in [1.29, 1.82) is 0 Å². The van der Waals surface area contributed by atoms with Gasteiger partial charge in [0.2, 0.25) is 0 Å². The van der Waals surface area contributed by atoms with Gasteiger partial charge in [-0.2, -0.15) is 8.78 Å². The second-order valence-electron chi connectivity index (χ2n) is 10.6. The van der Waals surface area contributed by atoms with Crippen LogP contribution < -0.4 is 9.64 Å². The van der Waals surface area contributed by atoms with Crippen molar-refractivity contribution < 1.29 is 32.3 Å². The zero-order valence-electron chi connectivity index (χ0n) is 21.7. The Morgan fingerprint density at radius 3 is 2.67 bits per heavy atom. The second kappa shape index (κ2) is 10.9. The largest absolute Gasteiger partial charge is 0.465 e. The van der Waals surface area contributed by atoms with E-state index in [-0.39, 0.29) is 11.9 Å². The summed E-state index contributed by atoms with van der Waals surface area (Å²) in [6, 6.07) is 10.3. The summed E-state index contributed by atoms with van der Waals surface area (Å²) >= 11 is 0. The monoisotopic (exact) mass is 539 g/mol. The van der Waals surface area contributed by atoms with Crippen LogP contribution in [-0.4, -0.2) is 49.0 Å². The number of hydrogen-bond acceptors (Lipinski definition) is 8.